The second kappa shape index (κ2) is 14.6. The summed E-state index contributed by atoms with van der Waals surface area (Å²) in [5, 5.41) is 12.5. The molecule has 4 rings (SSSR count). The third-order valence-corrected chi connectivity index (χ3v) is 7.39. The maximum Gasteiger partial charge on any atom is 0.330 e. The van der Waals surface area contributed by atoms with E-state index in [4.69, 9.17) is 4.74 Å². The molecule has 1 aromatic heterocycles. The number of rotatable bonds is 13. The molecule has 1 heterocycles. The highest BCUT2D eigenvalue weighted by atomic mass is 16.5. The van der Waals surface area contributed by atoms with E-state index < -0.39 is 17.9 Å². The van der Waals surface area contributed by atoms with Gasteiger partial charge in [0.05, 0.1) is 6.61 Å². The Morgan fingerprint density at radius 1 is 0.791 bits per heavy atom. The predicted octanol–water partition coefficient (Wildman–Crippen LogP) is 8.01. The molecule has 0 aliphatic carbocycles. The fourth-order valence-corrected chi connectivity index (χ4v) is 4.71. The first-order valence-corrected chi connectivity index (χ1v) is 15.0. The largest absolute Gasteiger partial charge is 0.494 e. The third kappa shape index (κ3) is 8.74. The summed E-state index contributed by atoms with van der Waals surface area (Å²) in [4.78, 5) is 33.9. The zero-order chi connectivity index (χ0) is 30.8. The molecule has 3 aromatic carbocycles. The summed E-state index contributed by atoms with van der Waals surface area (Å²) in [5.74, 6) is -0.214. The Morgan fingerprint density at radius 2 is 1.40 bits per heavy atom. The molecule has 0 fully saturated rings. The van der Waals surface area contributed by atoms with Gasteiger partial charge in [0.15, 0.2) is 11.9 Å². The van der Waals surface area contributed by atoms with Crippen LogP contribution in [0.5, 0.6) is 5.75 Å². The monoisotopic (exact) mass is 579 g/mol. The molecule has 0 saturated carbocycles. The van der Waals surface area contributed by atoms with Crippen LogP contribution in [-0.4, -0.2) is 33.6 Å². The first-order valence-electron chi connectivity index (χ1n) is 15.0. The van der Waals surface area contributed by atoms with E-state index >= 15 is 0 Å². The number of aliphatic carboxylic acids is 1. The number of nitrogens with zero attached hydrogens (tertiary/aromatic N) is 2. The van der Waals surface area contributed by atoms with Crippen molar-refractivity contribution in [1.82, 2.24) is 15.3 Å². The maximum absolute atomic E-state index is 12.8. The molecule has 0 radical (unpaired) electrons. The molecular weight excluding hydrogens is 538 g/mol. The fourth-order valence-electron chi connectivity index (χ4n) is 4.71. The summed E-state index contributed by atoms with van der Waals surface area (Å²) in [6, 6.07) is 20.8. The van der Waals surface area contributed by atoms with E-state index in [1.165, 1.54) is 25.7 Å². The number of amides is 1. The summed E-state index contributed by atoms with van der Waals surface area (Å²) in [6.45, 7) is 9.22. The minimum Gasteiger partial charge on any atom is -0.494 e. The van der Waals surface area contributed by atoms with Crippen molar-refractivity contribution in [2.75, 3.05) is 6.61 Å². The van der Waals surface area contributed by atoms with Gasteiger partial charge < -0.3 is 15.2 Å². The Labute approximate surface area is 254 Å². The normalized spacial score (nSPS) is 12.0. The summed E-state index contributed by atoms with van der Waals surface area (Å²) >= 11 is 0. The fraction of sp³-hybridized carbons (Fsp3) is 0.333. The molecular formula is C36H41N3O4. The molecule has 224 valence electrons. The SMILES string of the molecule is CCCCCCCOc1ccc(-c2cnc(-c3ccc(C(NC(=O)c4ccc(C(C)(C)C)cc4)C(=O)O)cc3)nc2)cc1. The number of carbonyl (C=O) groups excluding carboxylic acids is 1. The van der Waals surface area contributed by atoms with E-state index in [9.17, 15) is 14.7 Å². The summed E-state index contributed by atoms with van der Waals surface area (Å²) < 4.78 is 5.86. The highest BCUT2D eigenvalue weighted by Gasteiger charge is 2.23. The van der Waals surface area contributed by atoms with Crippen LogP contribution in [0.15, 0.2) is 85.2 Å². The molecule has 43 heavy (non-hydrogen) atoms. The number of hydrogen-bond acceptors (Lipinski definition) is 5. The van der Waals surface area contributed by atoms with Gasteiger partial charge in [0, 0.05) is 29.1 Å². The molecule has 1 amide bonds. The number of aromatic nitrogens is 2. The minimum atomic E-state index is -1.19. The van der Waals surface area contributed by atoms with Gasteiger partial charge in [0.1, 0.15) is 5.75 Å². The second-order valence-electron chi connectivity index (χ2n) is 11.8. The highest BCUT2D eigenvalue weighted by molar-refractivity contribution is 5.96. The number of hydrogen-bond donors (Lipinski definition) is 2. The van der Waals surface area contributed by atoms with Gasteiger partial charge >= 0.3 is 5.97 Å². The zero-order valence-electron chi connectivity index (χ0n) is 25.5. The van der Waals surface area contributed by atoms with Gasteiger partial charge in [-0.15, -0.1) is 0 Å². The van der Waals surface area contributed by atoms with Crippen LogP contribution in [0.3, 0.4) is 0 Å². The van der Waals surface area contributed by atoms with Crippen molar-refractivity contribution in [2.45, 2.75) is 71.3 Å². The van der Waals surface area contributed by atoms with Crippen molar-refractivity contribution in [2.24, 2.45) is 0 Å². The first-order chi connectivity index (χ1) is 20.7. The molecule has 0 saturated heterocycles. The maximum atomic E-state index is 12.8. The van der Waals surface area contributed by atoms with Crippen LogP contribution in [0.2, 0.25) is 0 Å². The Hall–Kier alpha value is -4.52. The van der Waals surface area contributed by atoms with Crippen LogP contribution in [-0.2, 0) is 10.2 Å². The average Bonchev–Trinajstić information content (AvgIpc) is 3.01. The van der Waals surface area contributed by atoms with Crippen molar-refractivity contribution in [3.63, 3.8) is 0 Å². The molecule has 0 spiro atoms. The second-order valence-corrected chi connectivity index (χ2v) is 11.8. The standard InChI is InChI=1S/C36H41N3O4/c1-5-6-7-8-9-22-43-31-20-16-25(17-21-31)29-23-37-33(38-24-29)27-12-10-26(11-13-27)32(35(41)42)39-34(40)28-14-18-30(19-15-28)36(2,3)4/h10-21,23-24,32H,5-9,22H2,1-4H3,(H,39,40)(H,41,42). The van der Waals surface area contributed by atoms with E-state index in [-0.39, 0.29) is 5.41 Å². The number of carboxylic acid groups (broad SMARTS) is 1. The van der Waals surface area contributed by atoms with Gasteiger partial charge in [0.2, 0.25) is 0 Å². The number of nitrogens with one attached hydrogen (secondary N) is 1. The van der Waals surface area contributed by atoms with Gasteiger partial charge in [-0.05, 0) is 52.8 Å². The number of carbonyl (C=O) groups is 2. The lowest BCUT2D eigenvalue weighted by Crippen LogP contribution is -2.33. The van der Waals surface area contributed by atoms with Gasteiger partial charge in [-0.3, -0.25) is 4.79 Å². The van der Waals surface area contributed by atoms with Crippen LogP contribution in [0.25, 0.3) is 22.5 Å². The smallest absolute Gasteiger partial charge is 0.330 e. The molecule has 1 atom stereocenters. The lowest BCUT2D eigenvalue weighted by molar-refractivity contribution is -0.139. The summed E-state index contributed by atoms with van der Waals surface area (Å²) in [6.07, 6.45) is 9.57. The van der Waals surface area contributed by atoms with Gasteiger partial charge in [-0.25, -0.2) is 14.8 Å². The third-order valence-electron chi connectivity index (χ3n) is 7.39. The quantitative estimate of drug-likeness (QED) is 0.156. The molecule has 0 bridgehead atoms. The first kappa shape index (κ1) is 31.4. The van der Waals surface area contributed by atoms with E-state index in [1.54, 1.807) is 48.8 Å². The van der Waals surface area contributed by atoms with Crippen LogP contribution < -0.4 is 10.1 Å². The Morgan fingerprint density at radius 3 is 1.98 bits per heavy atom. The minimum absolute atomic E-state index is 0.0435. The molecule has 0 aliphatic heterocycles. The Kier molecular flexibility index (Phi) is 10.7. The van der Waals surface area contributed by atoms with Crippen molar-refractivity contribution >= 4 is 11.9 Å². The van der Waals surface area contributed by atoms with Gasteiger partial charge in [-0.2, -0.15) is 0 Å². The molecule has 1 unspecified atom stereocenters. The topological polar surface area (TPSA) is 101 Å². The van der Waals surface area contributed by atoms with Gasteiger partial charge in [-0.1, -0.05) is 102 Å². The Bertz CT molecular complexity index is 1470. The Balaban J connectivity index is 1.37. The molecule has 2 N–H and O–H groups in total. The number of ether oxygens (including phenoxy) is 1. The van der Waals surface area contributed by atoms with Crippen LogP contribution >= 0.6 is 0 Å². The van der Waals surface area contributed by atoms with Gasteiger partial charge in [0.25, 0.3) is 5.91 Å². The van der Waals surface area contributed by atoms with E-state index in [1.807, 2.05) is 36.4 Å². The summed E-state index contributed by atoms with van der Waals surface area (Å²) in [5.41, 5.74) is 4.53. The van der Waals surface area contributed by atoms with Crippen molar-refractivity contribution < 1.29 is 19.4 Å². The van der Waals surface area contributed by atoms with Crippen LogP contribution in [0.1, 0.15) is 87.3 Å². The predicted molar refractivity (Wildman–Crippen MR) is 170 cm³/mol. The van der Waals surface area contributed by atoms with Crippen molar-refractivity contribution in [1.29, 1.82) is 0 Å². The van der Waals surface area contributed by atoms with Crippen LogP contribution in [0.4, 0.5) is 0 Å². The number of unbranched alkanes of at least 4 members (excludes halogenated alkanes) is 4. The number of benzene rings is 3. The average molecular weight is 580 g/mol. The zero-order valence-corrected chi connectivity index (χ0v) is 25.5. The molecule has 0 aliphatic rings. The highest BCUT2D eigenvalue weighted by Crippen LogP contribution is 2.25. The van der Waals surface area contributed by atoms with Crippen LogP contribution in [0, 0.1) is 0 Å². The number of carboxylic acids is 1. The van der Waals surface area contributed by atoms with E-state index in [0.29, 0.717) is 17.0 Å². The molecule has 7 heteroatoms. The van der Waals surface area contributed by atoms with Crippen molar-refractivity contribution in [3.8, 4) is 28.3 Å². The van der Waals surface area contributed by atoms with E-state index in [2.05, 4.69) is 43.0 Å². The lowest BCUT2D eigenvalue weighted by Gasteiger charge is -2.19. The summed E-state index contributed by atoms with van der Waals surface area (Å²) in [7, 11) is 0. The van der Waals surface area contributed by atoms with E-state index in [0.717, 1.165) is 41.0 Å². The molecule has 4 aromatic rings. The lowest BCUT2D eigenvalue weighted by atomic mass is 9.86. The van der Waals surface area contributed by atoms with Crippen molar-refractivity contribution in [3.05, 3.63) is 102 Å². The molecule has 7 nitrogen and oxygen atoms in total.